The minimum absolute atomic E-state index is 0.170. The molecule has 25 heavy (non-hydrogen) atoms. The molecule has 4 atom stereocenters. The van der Waals surface area contributed by atoms with Crippen molar-refractivity contribution in [2.24, 2.45) is 22.2 Å². The first kappa shape index (κ1) is 18.0. The maximum Gasteiger partial charge on any atom is 0.196 e. The Morgan fingerprint density at radius 3 is 2.64 bits per heavy atom. The lowest BCUT2D eigenvalue weighted by molar-refractivity contribution is -0.113. The molecule has 0 aromatic heterocycles. The van der Waals surface area contributed by atoms with Crippen LogP contribution in [0.15, 0.2) is 23.3 Å². The second-order valence-corrected chi connectivity index (χ2v) is 8.60. The van der Waals surface area contributed by atoms with Crippen LogP contribution in [0.3, 0.4) is 0 Å². The molecule has 0 heterocycles. The zero-order chi connectivity index (χ0) is 18.5. The number of aliphatic hydroxyl groups is 1. The van der Waals surface area contributed by atoms with E-state index in [-0.39, 0.29) is 28.3 Å². The first-order valence-electron chi connectivity index (χ1n) is 9.29. The zero-order valence-electron chi connectivity index (χ0n) is 15.6. The lowest BCUT2D eigenvalue weighted by Gasteiger charge is -2.60. The number of carbonyl (C=O) groups excluding carboxylic acids is 1. The number of hydrogen-bond donors (Lipinski definition) is 1. The van der Waals surface area contributed by atoms with Crippen LogP contribution < -0.4 is 0 Å². The molecular formula is C22H27NO2. The fraction of sp³-hybridized carbons (Fsp3) is 0.636. The highest BCUT2D eigenvalue weighted by molar-refractivity contribution is 6.09. The van der Waals surface area contributed by atoms with Crippen molar-refractivity contribution in [2.75, 3.05) is 0 Å². The second kappa shape index (κ2) is 5.86. The number of nitriles is 1. The number of carbonyl (C=O) groups is 1. The number of ketones is 1. The molecule has 0 saturated heterocycles. The normalized spacial score (nSPS) is 39.0. The molecule has 0 radical (unpaired) electrons. The highest BCUT2D eigenvalue weighted by atomic mass is 16.3. The van der Waals surface area contributed by atoms with Crippen LogP contribution in [0.25, 0.3) is 0 Å². The molecule has 4 unspecified atom stereocenters. The van der Waals surface area contributed by atoms with Crippen LogP contribution in [0.2, 0.25) is 0 Å². The Morgan fingerprint density at radius 2 is 2.00 bits per heavy atom. The largest absolute Gasteiger partial charge is 0.393 e. The van der Waals surface area contributed by atoms with Crippen molar-refractivity contribution in [3.8, 4) is 17.9 Å². The Labute approximate surface area is 150 Å². The van der Waals surface area contributed by atoms with E-state index in [1.807, 2.05) is 13.0 Å². The minimum Gasteiger partial charge on any atom is -0.393 e. The van der Waals surface area contributed by atoms with E-state index >= 15 is 0 Å². The molecule has 3 heteroatoms. The smallest absolute Gasteiger partial charge is 0.196 e. The third-order valence-electron chi connectivity index (χ3n) is 6.93. The standard InChI is InChI=1S/C22H27NO2/c1-5-6-9-22-11-7-17-20(2,3)19(25)8-10-21(17,4)18(22)12-16(24)15(13-22)14-23/h12-13,17,19,25H,5,7-8,10-11H2,1-4H3. The number of hydrogen-bond acceptors (Lipinski definition) is 3. The predicted octanol–water partition coefficient (Wildman–Crippen LogP) is 3.94. The van der Waals surface area contributed by atoms with Gasteiger partial charge in [0.2, 0.25) is 0 Å². The Hall–Kier alpha value is -1.84. The summed E-state index contributed by atoms with van der Waals surface area (Å²) in [7, 11) is 0. The van der Waals surface area contributed by atoms with E-state index in [2.05, 4.69) is 38.7 Å². The molecule has 3 aliphatic carbocycles. The van der Waals surface area contributed by atoms with Gasteiger partial charge in [0, 0.05) is 6.42 Å². The molecule has 0 spiro atoms. The monoisotopic (exact) mass is 337 g/mol. The summed E-state index contributed by atoms with van der Waals surface area (Å²) in [4.78, 5) is 12.5. The quantitative estimate of drug-likeness (QED) is 0.681. The molecule has 132 valence electrons. The van der Waals surface area contributed by atoms with Gasteiger partial charge in [-0.3, -0.25) is 4.79 Å². The minimum atomic E-state index is -0.501. The maximum absolute atomic E-state index is 12.5. The fourth-order valence-electron chi connectivity index (χ4n) is 5.53. The van der Waals surface area contributed by atoms with Crippen molar-refractivity contribution < 1.29 is 9.90 Å². The van der Waals surface area contributed by atoms with Crippen molar-refractivity contribution in [2.45, 2.75) is 65.9 Å². The summed E-state index contributed by atoms with van der Waals surface area (Å²) in [5.41, 5.74) is 0.419. The van der Waals surface area contributed by atoms with Crippen molar-refractivity contribution >= 4 is 5.78 Å². The van der Waals surface area contributed by atoms with Crippen molar-refractivity contribution in [1.82, 2.24) is 0 Å². The number of aliphatic hydroxyl groups excluding tert-OH is 1. The molecule has 2 saturated carbocycles. The molecule has 0 aromatic carbocycles. The third-order valence-corrected chi connectivity index (χ3v) is 6.93. The van der Waals surface area contributed by atoms with Gasteiger partial charge in [-0.15, -0.1) is 5.92 Å². The van der Waals surface area contributed by atoms with Crippen LogP contribution in [0.4, 0.5) is 0 Å². The molecular weight excluding hydrogens is 310 g/mol. The number of nitrogens with zero attached hydrogens (tertiary/aromatic N) is 1. The first-order valence-corrected chi connectivity index (χ1v) is 9.29. The van der Waals surface area contributed by atoms with Gasteiger partial charge in [0.1, 0.15) is 6.07 Å². The summed E-state index contributed by atoms with van der Waals surface area (Å²) in [5.74, 6) is 6.72. The van der Waals surface area contributed by atoms with Crippen LogP contribution in [0, 0.1) is 45.3 Å². The maximum atomic E-state index is 12.5. The fourth-order valence-corrected chi connectivity index (χ4v) is 5.53. The van der Waals surface area contributed by atoms with Crippen molar-refractivity contribution in [3.63, 3.8) is 0 Å². The van der Waals surface area contributed by atoms with Gasteiger partial charge >= 0.3 is 0 Å². The Bertz CT molecular complexity index is 770. The lowest BCUT2D eigenvalue weighted by atomic mass is 9.44. The lowest BCUT2D eigenvalue weighted by Crippen LogP contribution is -2.55. The average Bonchev–Trinajstić information content (AvgIpc) is 2.57. The second-order valence-electron chi connectivity index (χ2n) is 8.60. The highest BCUT2D eigenvalue weighted by Gasteiger charge is 2.59. The summed E-state index contributed by atoms with van der Waals surface area (Å²) in [6.07, 6.45) is 7.30. The van der Waals surface area contributed by atoms with Crippen LogP contribution in [0.1, 0.15) is 59.8 Å². The molecule has 0 amide bonds. The van der Waals surface area contributed by atoms with Gasteiger partial charge < -0.3 is 5.11 Å². The Morgan fingerprint density at radius 1 is 1.28 bits per heavy atom. The van der Waals surface area contributed by atoms with E-state index in [1.165, 1.54) is 0 Å². The summed E-state index contributed by atoms with van der Waals surface area (Å²) in [5, 5.41) is 19.9. The van der Waals surface area contributed by atoms with Crippen LogP contribution >= 0.6 is 0 Å². The Balaban J connectivity index is 2.17. The molecule has 3 rings (SSSR count). The molecule has 0 aliphatic heterocycles. The van der Waals surface area contributed by atoms with Gasteiger partial charge in [-0.05, 0) is 60.2 Å². The van der Waals surface area contributed by atoms with E-state index in [4.69, 9.17) is 0 Å². The van der Waals surface area contributed by atoms with E-state index in [9.17, 15) is 15.2 Å². The van der Waals surface area contributed by atoms with Crippen LogP contribution in [0.5, 0.6) is 0 Å². The van der Waals surface area contributed by atoms with E-state index in [0.29, 0.717) is 5.92 Å². The van der Waals surface area contributed by atoms with Crippen LogP contribution in [-0.4, -0.2) is 17.0 Å². The van der Waals surface area contributed by atoms with Gasteiger partial charge in [0.15, 0.2) is 5.78 Å². The summed E-state index contributed by atoms with van der Waals surface area (Å²) < 4.78 is 0. The molecule has 0 aromatic rings. The van der Waals surface area contributed by atoms with Gasteiger partial charge in [-0.2, -0.15) is 5.26 Å². The molecule has 0 bridgehead atoms. The average molecular weight is 337 g/mol. The van der Waals surface area contributed by atoms with E-state index < -0.39 is 5.41 Å². The van der Waals surface area contributed by atoms with Crippen molar-refractivity contribution in [3.05, 3.63) is 23.3 Å². The summed E-state index contributed by atoms with van der Waals surface area (Å²) in [6.45, 7) is 8.54. The first-order chi connectivity index (χ1) is 11.7. The van der Waals surface area contributed by atoms with Gasteiger partial charge in [0.05, 0.1) is 17.1 Å². The number of fused-ring (bicyclic) bond motifs is 3. The highest BCUT2D eigenvalue weighted by Crippen LogP contribution is 2.65. The van der Waals surface area contributed by atoms with E-state index in [1.54, 1.807) is 6.08 Å². The molecule has 3 nitrogen and oxygen atoms in total. The van der Waals surface area contributed by atoms with E-state index in [0.717, 1.165) is 37.7 Å². The third kappa shape index (κ3) is 2.49. The molecule has 3 aliphatic rings. The number of allylic oxidation sites excluding steroid dienone is 4. The summed E-state index contributed by atoms with van der Waals surface area (Å²) >= 11 is 0. The van der Waals surface area contributed by atoms with Crippen LogP contribution in [-0.2, 0) is 4.79 Å². The zero-order valence-corrected chi connectivity index (χ0v) is 15.6. The predicted molar refractivity (Wildman–Crippen MR) is 97.1 cm³/mol. The summed E-state index contributed by atoms with van der Waals surface area (Å²) in [6, 6.07) is 2.05. The Kier molecular flexibility index (Phi) is 4.21. The SMILES string of the molecule is CCC#CC12C=C(C#N)C(=O)C=C1C1(C)CCC(O)C(C)(C)C1CC2. The van der Waals surface area contributed by atoms with Crippen molar-refractivity contribution in [1.29, 1.82) is 5.26 Å². The molecule has 1 N–H and O–H groups in total. The topological polar surface area (TPSA) is 61.1 Å². The van der Waals surface area contributed by atoms with Gasteiger partial charge in [-0.1, -0.05) is 33.6 Å². The van der Waals surface area contributed by atoms with Gasteiger partial charge in [0.25, 0.3) is 0 Å². The molecule has 2 fully saturated rings. The van der Waals surface area contributed by atoms with Gasteiger partial charge in [-0.25, -0.2) is 0 Å². The number of rotatable bonds is 0.